The summed E-state index contributed by atoms with van der Waals surface area (Å²) >= 11 is 0. The van der Waals surface area contributed by atoms with Crippen LogP contribution in [-0.4, -0.2) is 6.04 Å². The van der Waals surface area contributed by atoms with Crippen LogP contribution in [0.4, 0.5) is 0 Å². The van der Waals surface area contributed by atoms with Crippen LogP contribution in [-0.2, 0) is 0 Å². The minimum absolute atomic E-state index is 0.0488. The summed E-state index contributed by atoms with van der Waals surface area (Å²) in [6, 6.07) is 0.0488. The van der Waals surface area contributed by atoms with E-state index in [2.05, 4.69) is 5.43 Å². The van der Waals surface area contributed by atoms with Gasteiger partial charge in [-0.3, -0.25) is 0 Å². The number of quaternary nitrogens is 2. The van der Waals surface area contributed by atoms with Crippen LogP contribution in [0.2, 0.25) is 0 Å². The number of nitrogens with two attached hydrogens (primary N) is 1. The molecule has 1 unspecified atom stereocenters. The zero-order valence-electron chi connectivity index (χ0n) is 4.97. The molecule has 0 aliphatic carbocycles. The highest BCUT2D eigenvalue weighted by molar-refractivity contribution is 4.35. The van der Waals surface area contributed by atoms with E-state index in [9.17, 15) is 10.4 Å². The van der Waals surface area contributed by atoms with Crippen molar-refractivity contribution in [3.63, 3.8) is 0 Å². The lowest BCUT2D eigenvalue weighted by Gasteiger charge is -2.21. The number of rotatable bonds is 3. The molecule has 0 amide bonds. The van der Waals surface area contributed by atoms with Gasteiger partial charge >= 0.3 is 0 Å². The summed E-state index contributed by atoms with van der Waals surface area (Å²) in [5.41, 5.74) is 2.65. The molecule has 50 valence electrons. The Labute approximate surface area is 47.8 Å². The lowest BCUT2D eigenvalue weighted by Crippen LogP contribution is -3.47. The summed E-state index contributed by atoms with van der Waals surface area (Å²) in [6.45, 7) is 3.59. The Morgan fingerprint density at radius 3 is 2.25 bits per heavy atom. The van der Waals surface area contributed by atoms with Crippen LogP contribution in [0, 0.1) is 10.4 Å². The minimum atomic E-state index is -0.556. The molecule has 5 heteroatoms. The fourth-order valence-electron chi connectivity index (χ4n) is 0.319. The van der Waals surface area contributed by atoms with Crippen molar-refractivity contribution in [1.29, 1.82) is 0 Å². The topological polar surface area (TPSA) is 79.2 Å². The first-order chi connectivity index (χ1) is 3.66. The minimum Gasteiger partial charge on any atom is -0.584 e. The van der Waals surface area contributed by atoms with Gasteiger partial charge in [0.25, 0.3) is 0 Å². The molecule has 0 spiro atoms. The van der Waals surface area contributed by atoms with Gasteiger partial charge in [0.15, 0.2) is 0 Å². The van der Waals surface area contributed by atoms with E-state index in [0.29, 0.717) is 0 Å². The van der Waals surface area contributed by atoms with Crippen molar-refractivity contribution in [2.24, 2.45) is 0 Å². The quantitative estimate of drug-likeness (QED) is 0.280. The molecule has 0 saturated carbocycles. The third-order valence-electron chi connectivity index (χ3n) is 0.538. The van der Waals surface area contributed by atoms with Gasteiger partial charge in [0, 0.05) is 0 Å². The molecular weight excluding hydrogens is 110 g/mol. The summed E-state index contributed by atoms with van der Waals surface area (Å²) in [6.07, 6.45) is 0. The predicted molar refractivity (Wildman–Crippen MR) is 27.9 cm³/mol. The molecule has 0 aliphatic heterocycles. The van der Waals surface area contributed by atoms with E-state index in [0.717, 1.165) is 0 Å². The fourth-order valence-corrected chi connectivity index (χ4v) is 0.319. The van der Waals surface area contributed by atoms with Crippen LogP contribution >= 0.6 is 0 Å². The molecule has 0 saturated heterocycles. The molecule has 0 radical (unpaired) electrons. The van der Waals surface area contributed by atoms with Gasteiger partial charge < -0.3 is 10.4 Å². The third-order valence-corrected chi connectivity index (χ3v) is 0.538. The second kappa shape index (κ2) is 3.76. The van der Waals surface area contributed by atoms with Crippen LogP contribution in [0.3, 0.4) is 0 Å². The summed E-state index contributed by atoms with van der Waals surface area (Å²) < 4.78 is 0. The number of hydrogen-bond donors (Lipinski definition) is 3. The molecule has 0 aromatic rings. The van der Waals surface area contributed by atoms with Crippen molar-refractivity contribution >= 4 is 0 Å². The predicted octanol–water partition coefficient (Wildman–Crippen LogP) is -2.74. The van der Waals surface area contributed by atoms with Gasteiger partial charge in [-0.15, -0.1) is 10.7 Å². The van der Waals surface area contributed by atoms with Crippen LogP contribution < -0.4 is 16.3 Å². The molecule has 0 heterocycles. The Morgan fingerprint density at radius 1 is 1.62 bits per heavy atom. The molecule has 0 aromatic carbocycles. The Balaban J connectivity index is 3.10. The Bertz CT molecular complexity index is 58.5. The van der Waals surface area contributed by atoms with E-state index in [1.807, 2.05) is 0 Å². The number of nitrogens with one attached hydrogen (secondary N) is 2. The average molecular weight is 121 g/mol. The van der Waals surface area contributed by atoms with Crippen molar-refractivity contribution in [3.8, 4) is 0 Å². The molecule has 0 aliphatic rings. The van der Waals surface area contributed by atoms with Gasteiger partial charge in [-0.2, -0.15) is 0 Å². The van der Waals surface area contributed by atoms with Gasteiger partial charge in [0.1, 0.15) is 0 Å². The first kappa shape index (κ1) is 7.80. The first-order valence-electron chi connectivity index (χ1n) is 2.42. The summed E-state index contributed by atoms with van der Waals surface area (Å²) in [4.78, 5) is 0. The molecule has 0 fully saturated rings. The largest absolute Gasteiger partial charge is 0.584 e. The highest BCUT2D eigenvalue weighted by Crippen LogP contribution is 1.64. The van der Waals surface area contributed by atoms with E-state index in [4.69, 9.17) is 0 Å². The molecule has 5 nitrogen and oxygen atoms in total. The summed E-state index contributed by atoms with van der Waals surface area (Å²) in [7, 11) is 0. The van der Waals surface area contributed by atoms with Crippen LogP contribution in [0.1, 0.15) is 13.8 Å². The van der Waals surface area contributed by atoms with Gasteiger partial charge in [0.05, 0.1) is 6.04 Å². The summed E-state index contributed by atoms with van der Waals surface area (Å²) in [5.74, 6) is 0. The highest BCUT2D eigenvalue weighted by atomic mass is 16.7. The van der Waals surface area contributed by atoms with Gasteiger partial charge in [-0.05, 0) is 13.8 Å². The van der Waals surface area contributed by atoms with E-state index < -0.39 is 5.28 Å². The first-order valence-corrected chi connectivity index (χ1v) is 2.42. The smallest absolute Gasteiger partial charge is 0.0556 e. The van der Waals surface area contributed by atoms with Crippen molar-refractivity contribution in [2.45, 2.75) is 19.9 Å². The maximum Gasteiger partial charge on any atom is 0.0556 e. The lowest BCUT2D eigenvalue weighted by atomic mass is 10.4. The SMILES string of the molecule is CC(C)N[NH+]([O-])[NH2+][O-]. The molecular formula is C3H11N3O2. The zero-order chi connectivity index (χ0) is 6.57. The maximum atomic E-state index is 10.1. The maximum absolute atomic E-state index is 10.1. The van der Waals surface area contributed by atoms with Gasteiger partial charge in [-0.1, -0.05) is 0 Å². The van der Waals surface area contributed by atoms with Crippen LogP contribution in [0.25, 0.3) is 0 Å². The zero-order valence-corrected chi connectivity index (χ0v) is 4.97. The molecule has 1 atom stereocenters. The monoisotopic (exact) mass is 121 g/mol. The number of hydrogen-bond acceptors (Lipinski definition) is 3. The van der Waals surface area contributed by atoms with E-state index in [-0.39, 0.29) is 11.6 Å². The third kappa shape index (κ3) is 3.97. The van der Waals surface area contributed by atoms with Crippen molar-refractivity contribution in [2.75, 3.05) is 0 Å². The molecule has 0 aromatic heterocycles. The van der Waals surface area contributed by atoms with E-state index in [1.54, 1.807) is 13.8 Å². The van der Waals surface area contributed by atoms with Crippen molar-refractivity contribution < 1.29 is 10.9 Å². The molecule has 8 heavy (non-hydrogen) atoms. The Hall–Kier alpha value is -0.200. The molecule has 4 N–H and O–H groups in total. The average Bonchev–Trinajstić information content (AvgIpc) is 1.65. The van der Waals surface area contributed by atoms with Crippen molar-refractivity contribution in [1.82, 2.24) is 5.43 Å². The standard InChI is InChI=1S/C3H11N3O2/c1-3(2)4-6(8)5-7/h3-4,6H,5H2,1-2H3. The van der Waals surface area contributed by atoms with Crippen LogP contribution in [0.5, 0.6) is 0 Å². The highest BCUT2D eigenvalue weighted by Gasteiger charge is 1.94. The van der Waals surface area contributed by atoms with Crippen LogP contribution in [0.15, 0.2) is 0 Å². The Morgan fingerprint density at radius 2 is 2.12 bits per heavy atom. The molecule has 0 bridgehead atoms. The van der Waals surface area contributed by atoms with Gasteiger partial charge in [0.2, 0.25) is 0 Å². The van der Waals surface area contributed by atoms with Crippen molar-refractivity contribution in [3.05, 3.63) is 10.4 Å². The second-order valence-electron chi connectivity index (χ2n) is 1.78. The van der Waals surface area contributed by atoms with E-state index in [1.165, 1.54) is 0 Å². The molecule has 0 rings (SSSR count). The fraction of sp³-hybridized carbons (Fsp3) is 1.00. The second-order valence-corrected chi connectivity index (χ2v) is 1.78. The summed E-state index contributed by atoms with van der Waals surface area (Å²) in [5, 5.41) is 19.2. The van der Waals surface area contributed by atoms with E-state index >= 15 is 0 Å². The Kier molecular flexibility index (Phi) is 3.67. The van der Waals surface area contributed by atoms with Gasteiger partial charge in [-0.25, -0.2) is 5.59 Å². The lowest BCUT2D eigenvalue weighted by molar-refractivity contribution is -1.37. The normalized spacial score (nSPS) is 14.6.